The number of nitrogens with one attached hydrogen (secondary N) is 1. The molecule has 1 aromatic carbocycles. The third-order valence-corrected chi connectivity index (χ3v) is 2.62. The molecule has 3 heteroatoms. The summed E-state index contributed by atoms with van der Waals surface area (Å²) in [5.74, 6) is 0.856. The summed E-state index contributed by atoms with van der Waals surface area (Å²) in [7, 11) is 0. The smallest absolute Gasteiger partial charge is 0.126 e. The minimum Gasteiger partial charge on any atom is -0.366 e. The van der Waals surface area contributed by atoms with Gasteiger partial charge in [-0.1, -0.05) is 36.4 Å². The first-order valence-electron chi connectivity index (χ1n) is 5.99. The average molecular weight is 237 g/mol. The van der Waals surface area contributed by atoms with Gasteiger partial charge < -0.3 is 5.32 Å². The van der Waals surface area contributed by atoms with Crippen LogP contribution in [0, 0.1) is 11.3 Å². The van der Waals surface area contributed by atoms with E-state index >= 15 is 0 Å². The maximum absolute atomic E-state index is 8.56. The second kappa shape index (κ2) is 6.41. The highest BCUT2D eigenvalue weighted by Gasteiger charge is 1.98. The standard InChI is InChI=1S/C15H15N3/c16-11-5-9-14-8-4-10-15(18-14)17-12-13-6-2-1-3-7-13/h1-4,6-8,10H,5,9,12H2,(H,17,18). The Bertz CT molecular complexity index is 529. The van der Waals surface area contributed by atoms with Crippen molar-refractivity contribution < 1.29 is 0 Å². The predicted molar refractivity (Wildman–Crippen MR) is 71.9 cm³/mol. The fourth-order valence-corrected chi connectivity index (χ4v) is 1.69. The zero-order valence-electron chi connectivity index (χ0n) is 10.1. The van der Waals surface area contributed by atoms with Crippen molar-refractivity contribution in [1.29, 1.82) is 5.26 Å². The second-order valence-electron chi connectivity index (χ2n) is 4.01. The summed E-state index contributed by atoms with van der Waals surface area (Å²) in [6.45, 7) is 0.759. The van der Waals surface area contributed by atoms with Crippen LogP contribution in [0.2, 0.25) is 0 Å². The van der Waals surface area contributed by atoms with E-state index in [-0.39, 0.29) is 0 Å². The Hall–Kier alpha value is -2.34. The van der Waals surface area contributed by atoms with E-state index in [4.69, 9.17) is 5.26 Å². The SMILES string of the molecule is N#CCCc1cccc(NCc2ccccc2)n1. The van der Waals surface area contributed by atoms with E-state index in [0.717, 1.165) is 18.1 Å². The first-order chi connectivity index (χ1) is 8.88. The quantitative estimate of drug-likeness (QED) is 0.869. The molecule has 0 aliphatic rings. The van der Waals surface area contributed by atoms with Crippen LogP contribution in [0.1, 0.15) is 17.7 Å². The normalized spacial score (nSPS) is 9.72. The molecule has 0 aliphatic heterocycles. The summed E-state index contributed by atoms with van der Waals surface area (Å²) in [6, 6.07) is 18.2. The minimum absolute atomic E-state index is 0.509. The van der Waals surface area contributed by atoms with Crippen molar-refractivity contribution >= 4 is 5.82 Å². The van der Waals surface area contributed by atoms with Crippen LogP contribution in [-0.2, 0) is 13.0 Å². The molecule has 0 atom stereocenters. The maximum atomic E-state index is 8.56. The van der Waals surface area contributed by atoms with Gasteiger partial charge in [0.25, 0.3) is 0 Å². The van der Waals surface area contributed by atoms with Crippen molar-refractivity contribution in [2.45, 2.75) is 19.4 Å². The monoisotopic (exact) mass is 237 g/mol. The molecule has 1 heterocycles. The van der Waals surface area contributed by atoms with Gasteiger partial charge in [-0.05, 0) is 17.7 Å². The Morgan fingerprint density at radius 2 is 1.89 bits per heavy atom. The van der Waals surface area contributed by atoms with Crippen LogP contribution in [0.5, 0.6) is 0 Å². The van der Waals surface area contributed by atoms with Gasteiger partial charge in [0, 0.05) is 25.1 Å². The van der Waals surface area contributed by atoms with Gasteiger partial charge in [0.15, 0.2) is 0 Å². The molecule has 18 heavy (non-hydrogen) atoms. The summed E-state index contributed by atoms with van der Waals surface area (Å²) >= 11 is 0. The molecule has 1 N–H and O–H groups in total. The Morgan fingerprint density at radius 3 is 2.67 bits per heavy atom. The van der Waals surface area contributed by atoms with E-state index < -0.39 is 0 Å². The first-order valence-corrected chi connectivity index (χ1v) is 5.99. The number of rotatable bonds is 5. The topological polar surface area (TPSA) is 48.7 Å². The molecule has 0 saturated heterocycles. The molecule has 2 rings (SSSR count). The zero-order valence-corrected chi connectivity index (χ0v) is 10.1. The highest BCUT2D eigenvalue weighted by atomic mass is 15.0. The molecule has 0 unspecified atom stereocenters. The molecule has 1 aromatic heterocycles. The lowest BCUT2D eigenvalue weighted by atomic mass is 10.2. The number of benzene rings is 1. The molecule has 0 aliphatic carbocycles. The third-order valence-electron chi connectivity index (χ3n) is 2.62. The third kappa shape index (κ3) is 3.60. The fourth-order valence-electron chi connectivity index (χ4n) is 1.69. The van der Waals surface area contributed by atoms with Crippen molar-refractivity contribution in [3.05, 3.63) is 59.8 Å². The molecule has 3 nitrogen and oxygen atoms in total. The lowest BCUT2D eigenvalue weighted by molar-refractivity contribution is 0.946. The Morgan fingerprint density at radius 1 is 1.06 bits per heavy atom. The van der Waals surface area contributed by atoms with Crippen molar-refractivity contribution in [2.24, 2.45) is 0 Å². The van der Waals surface area contributed by atoms with Crippen LogP contribution in [0.4, 0.5) is 5.82 Å². The summed E-state index contributed by atoms with van der Waals surface area (Å²) in [5, 5.41) is 11.8. The van der Waals surface area contributed by atoms with Gasteiger partial charge in [-0.15, -0.1) is 0 Å². The van der Waals surface area contributed by atoms with Gasteiger partial charge in [0.2, 0.25) is 0 Å². The largest absolute Gasteiger partial charge is 0.366 e. The zero-order chi connectivity index (χ0) is 12.6. The highest BCUT2D eigenvalue weighted by Crippen LogP contribution is 2.08. The van der Waals surface area contributed by atoms with Gasteiger partial charge in [-0.3, -0.25) is 0 Å². The molecule has 0 spiro atoms. The number of anilines is 1. The Kier molecular flexibility index (Phi) is 4.32. The first kappa shape index (κ1) is 12.1. The van der Waals surface area contributed by atoms with Gasteiger partial charge in [0.05, 0.1) is 6.07 Å². The molecule has 0 radical (unpaired) electrons. The van der Waals surface area contributed by atoms with Crippen LogP contribution < -0.4 is 5.32 Å². The lowest BCUT2D eigenvalue weighted by Gasteiger charge is -2.06. The number of nitrogens with zero attached hydrogens (tertiary/aromatic N) is 2. The Balaban J connectivity index is 1.95. The minimum atomic E-state index is 0.509. The van der Waals surface area contributed by atoms with Crippen molar-refractivity contribution in [1.82, 2.24) is 4.98 Å². The van der Waals surface area contributed by atoms with Crippen LogP contribution in [-0.4, -0.2) is 4.98 Å². The van der Waals surface area contributed by atoms with E-state index in [1.54, 1.807) is 0 Å². The number of hydrogen-bond acceptors (Lipinski definition) is 3. The summed E-state index contributed by atoms with van der Waals surface area (Å²) < 4.78 is 0. The lowest BCUT2D eigenvalue weighted by Crippen LogP contribution is -2.02. The van der Waals surface area contributed by atoms with Crippen LogP contribution in [0.15, 0.2) is 48.5 Å². The summed E-state index contributed by atoms with van der Waals surface area (Å²) in [5.41, 5.74) is 2.18. The number of nitriles is 1. The molecule has 0 fully saturated rings. The summed E-state index contributed by atoms with van der Waals surface area (Å²) in [4.78, 5) is 4.46. The van der Waals surface area contributed by atoms with Crippen LogP contribution in [0.25, 0.3) is 0 Å². The molecule has 2 aromatic rings. The average Bonchev–Trinajstić information content (AvgIpc) is 2.44. The van der Waals surface area contributed by atoms with Gasteiger partial charge in [-0.25, -0.2) is 4.98 Å². The second-order valence-corrected chi connectivity index (χ2v) is 4.01. The van der Waals surface area contributed by atoms with E-state index in [2.05, 4.69) is 28.5 Å². The van der Waals surface area contributed by atoms with E-state index in [1.807, 2.05) is 36.4 Å². The molecule has 0 bridgehead atoms. The number of pyridine rings is 1. The van der Waals surface area contributed by atoms with Crippen LogP contribution in [0.3, 0.4) is 0 Å². The van der Waals surface area contributed by atoms with Crippen molar-refractivity contribution in [2.75, 3.05) is 5.32 Å². The molecular formula is C15H15N3. The van der Waals surface area contributed by atoms with Crippen LogP contribution >= 0.6 is 0 Å². The molecule has 0 amide bonds. The molecular weight excluding hydrogens is 222 g/mol. The van der Waals surface area contributed by atoms with E-state index in [1.165, 1.54) is 5.56 Å². The summed E-state index contributed by atoms with van der Waals surface area (Å²) in [6.07, 6.45) is 1.21. The predicted octanol–water partition coefficient (Wildman–Crippen LogP) is 3.15. The molecule has 90 valence electrons. The van der Waals surface area contributed by atoms with E-state index in [9.17, 15) is 0 Å². The van der Waals surface area contributed by atoms with Gasteiger partial charge in [0.1, 0.15) is 5.82 Å². The van der Waals surface area contributed by atoms with Crippen molar-refractivity contribution in [3.63, 3.8) is 0 Å². The van der Waals surface area contributed by atoms with E-state index in [0.29, 0.717) is 12.8 Å². The van der Waals surface area contributed by atoms with Gasteiger partial charge in [-0.2, -0.15) is 5.26 Å². The van der Waals surface area contributed by atoms with Crippen molar-refractivity contribution in [3.8, 4) is 6.07 Å². The highest BCUT2D eigenvalue weighted by molar-refractivity contribution is 5.36. The maximum Gasteiger partial charge on any atom is 0.126 e. The number of aryl methyl sites for hydroxylation is 1. The van der Waals surface area contributed by atoms with Gasteiger partial charge >= 0.3 is 0 Å². The number of hydrogen-bond donors (Lipinski definition) is 1. The Labute approximate surface area is 107 Å². The number of aromatic nitrogens is 1. The molecule has 0 saturated carbocycles. The fraction of sp³-hybridized carbons (Fsp3) is 0.200.